The third kappa shape index (κ3) is 4.06. The van der Waals surface area contributed by atoms with Crippen LogP contribution in [0.5, 0.6) is 0 Å². The Labute approximate surface area is 127 Å². The summed E-state index contributed by atoms with van der Waals surface area (Å²) >= 11 is 0. The largest absolute Gasteiger partial charge is 0.354 e. The van der Waals surface area contributed by atoms with Crippen LogP contribution in [0.15, 0.2) is 6.07 Å². The van der Waals surface area contributed by atoms with E-state index in [9.17, 15) is 4.79 Å². The summed E-state index contributed by atoms with van der Waals surface area (Å²) < 4.78 is 1.99. The van der Waals surface area contributed by atoms with Gasteiger partial charge in [-0.3, -0.25) is 9.48 Å². The maximum absolute atomic E-state index is 12.3. The van der Waals surface area contributed by atoms with Crippen LogP contribution < -0.4 is 11.1 Å². The molecular weight excluding hydrogens is 264 g/mol. The number of hydrogen-bond acceptors (Lipinski definition) is 3. The van der Waals surface area contributed by atoms with Gasteiger partial charge < -0.3 is 11.1 Å². The van der Waals surface area contributed by atoms with Crippen molar-refractivity contribution in [3.05, 3.63) is 17.5 Å². The topological polar surface area (TPSA) is 72.9 Å². The highest BCUT2D eigenvalue weighted by Crippen LogP contribution is 2.30. The van der Waals surface area contributed by atoms with Gasteiger partial charge in [0.25, 0.3) is 0 Å². The minimum atomic E-state index is -0.657. The van der Waals surface area contributed by atoms with Gasteiger partial charge in [0.05, 0.1) is 11.2 Å². The van der Waals surface area contributed by atoms with Crippen molar-refractivity contribution in [2.24, 2.45) is 11.7 Å². The van der Waals surface area contributed by atoms with Crippen LogP contribution in [0, 0.1) is 19.8 Å². The lowest BCUT2D eigenvalue weighted by molar-refractivity contribution is -0.128. The standard InChI is InChI=1S/C16H28N4O/c1-12-6-4-7-16(17,11-12)15(21)18-8-5-9-20-14(3)10-13(2)19-20/h10,12H,4-9,11,17H2,1-3H3,(H,18,21). The molecule has 0 aromatic carbocycles. The Bertz CT molecular complexity index is 496. The lowest BCUT2D eigenvalue weighted by Crippen LogP contribution is -2.56. The molecule has 1 aliphatic carbocycles. The van der Waals surface area contributed by atoms with Crippen LogP contribution >= 0.6 is 0 Å². The van der Waals surface area contributed by atoms with Crippen LogP contribution in [0.1, 0.15) is 50.4 Å². The SMILES string of the molecule is Cc1cc(C)n(CCCNC(=O)C2(N)CCCC(C)C2)n1. The van der Waals surface area contributed by atoms with E-state index < -0.39 is 5.54 Å². The predicted molar refractivity (Wildman–Crippen MR) is 83.9 cm³/mol. The lowest BCUT2D eigenvalue weighted by Gasteiger charge is -2.35. The van der Waals surface area contributed by atoms with Crippen molar-refractivity contribution in [2.75, 3.05) is 6.54 Å². The second-order valence-corrected chi connectivity index (χ2v) is 6.62. The summed E-state index contributed by atoms with van der Waals surface area (Å²) in [5.41, 5.74) is 7.83. The molecule has 0 spiro atoms. The number of rotatable bonds is 5. The number of carbonyl (C=O) groups is 1. The molecule has 0 bridgehead atoms. The number of nitrogens with one attached hydrogen (secondary N) is 1. The Morgan fingerprint density at radius 3 is 2.95 bits per heavy atom. The minimum absolute atomic E-state index is 0.0161. The molecule has 2 unspecified atom stereocenters. The van der Waals surface area contributed by atoms with Crippen molar-refractivity contribution in [3.8, 4) is 0 Å². The molecular formula is C16H28N4O. The fourth-order valence-corrected chi connectivity index (χ4v) is 3.31. The van der Waals surface area contributed by atoms with Crippen molar-refractivity contribution < 1.29 is 4.79 Å². The third-order valence-electron chi connectivity index (χ3n) is 4.42. The minimum Gasteiger partial charge on any atom is -0.354 e. The van der Waals surface area contributed by atoms with Gasteiger partial charge in [0, 0.05) is 18.8 Å². The van der Waals surface area contributed by atoms with Crippen LogP contribution in [0.2, 0.25) is 0 Å². The maximum atomic E-state index is 12.3. The molecule has 2 rings (SSSR count). The fraction of sp³-hybridized carbons (Fsp3) is 0.750. The van der Waals surface area contributed by atoms with Gasteiger partial charge in [-0.1, -0.05) is 19.8 Å². The summed E-state index contributed by atoms with van der Waals surface area (Å²) in [5, 5.41) is 7.42. The molecule has 0 aliphatic heterocycles. The molecule has 1 aromatic heterocycles. The quantitative estimate of drug-likeness (QED) is 0.814. The van der Waals surface area contributed by atoms with Crippen molar-refractivity contribution in [1.82, 2.24) is 15.1 Å². The normalized spacial score (nSPS) is 25.8. The number of hydrogen-bond donors (Lipinski definition) is 2. The zero-order chi connectivity index (χ0) is 15.5. The van der Waals surface area contributed by atoms with Gasteiger partial charge in [0.1, 0.15) is 0 Å². The van der Waals surface area contributed by atoms with E-state index >= 15 is 0 Å². The van der Waals surface area contributed by atoms with Gasteiger partial charge in [-0.2, -0.15) is 5.10 Å². The molecule has 5 nitrogen and oxygen atoms in total. The van der Waals surface area contributed by atoms with E-state index in [2.05, 4.69) is 30.3 Å². The van der Waals surface area contributed by atoms with E-state index in [-0.39, 0.29) is 5.91 Å². The van der Waals surface area contributed by atoms with Crippen LogP contribution in [0.4, 0.5) is 0 Å². The summed E-state index contributed by atoms with van der Waals surface area (Å²) in [6.45, 7) is 7.71. The number of nitrogens with two attached hydrogens (primary N) is 1. The van der Waals surface area contributed by atoms with E-state index in [0.717, 1.165) is 43.6 Å². The predicted octanol–water partition coefficient (Wildman–Crippen LogP) is 1.91. The molecule has 2 atom stereocenters. The maximum Gasteiger partial charge on any atom is 0.240 e. The molecule has 5 heteroatoms. The molecule has 1 saturated carbocycles. The van der Waals surface area contributed by atoms with Gasteiger partial charge in [0.2, 0.25) is 5.91 Å². The van der Waals surface area contributed by atoms with E-state index in [4.69, 9.17) is 5.73 Å². The molecule has 1 heterocycles. The van der Waals surface area contributed by atoms with Crippen molar-refractivity contribution >= 4 is 5.91 Å². The first kappa shape index (κ1) is 16.0. The zero-order valence-corrected chi connectivity index (χ0v) is 13.5. The summed E-state index contributed by atoms with van der Waals surface area (Å²) in [6.07, 6.45) is 4.72. The number of nitrogens with zero attached hydrogens (tertiary/aromatic N) is 2. The summed E-state index contributed by atoms with van der Waals surface area (Å²) in [4.78, 5) is 12.3. The highest BCUT2D eigenvalue weighted by atomic mass is 16.2. The molecule has 0 radical (unpaired) electrons. The van der Waals surface area contributed by atoms with Gasteiger partial charge in [-0.05, 0) is 45.1 Å². The van der Waals surface area contributed by atoms with E-state index in [1.165, 1.54) is 6.42 Å². The first-order valence-corrected chi connectivity index (χ1v) is 7.99. The molecule has 1 fully saturated rings. The molecule has 21 heavy (non-hydrogen) atoms. The fourth-order valence-electron chi connectivity index (χ4n) is 3.31. The third-order valence-corrected chi connectivity index (χ3v) is 4.42. The monoisotopic (exact) mass is 292 g/mol. The summed E-state index contributed by atoms with van der Waals surface area (Å²) in [6, 6.07) is 2.07. The van der Waals surface area contributed by atoms with Crippen molar-refractivity contribution in [2.45, 2.75) is 65.0 Å². The number of aryl methyl sites for hydroxylation is 3. The molecule has 1 aliphatic rings. The molecule has 3 N–H and O–H groups in total. The number of amides is 1. The van der Waals surface area contributed by atoms with E-state index in [1.807, 2.05) is 11.6 Å². The highest BCUT2D eigenvalue weighted by molar-refractivity contribution is 5.86. The zero-order valence-electron chi connectivity index (χ0n) is 13.5. The van der Waals surface area contributed by atoms with Gasteiger partial charge in [-0.25, -0.2) is 0 Å². The highest BCUT2D eigenvalue weighted by Gasteiger charge is 2.37. The smallest absolute Gasteiger partial charge is 0.240 e. The average Bonchev–Trinajstić information content (AvgIpc) is 2.72. The Hall–Kier alpha value is -1.36. The number of carbonyl (C=O) groups excluding carboxylic acids is 1. The Morgan fingerprint density at radius 2 is 2.33 bits per heavy atom. The Kier molecular flexibility index (Phi) is 5.04. The van der Waals surface area contributed by atoms with Gasteiger partial charge >= 0.3 is 0 Å². The molecule has 1 aromatic rings. The second kappa shape index (κ2) is 6.60. The van der Waals surface area contributed by atoms with E-state index in [0.29, 0.717) is 12.5 Å². The van der Waals surface area contributed by atoms with Crippen LogP contribution in [-0.2, 0) is 11.3 Å². The number of aromatic nitrogens is 2. The molecule has 118 valence electrons. The average molecular weight is 292 g/mol. The van der Waals surface area contributed by atoms with E-state index in [1.54, 1.807) is 0 Å². The Morgan fingerprint density at radius 1 is 1.57 bits per heavy atom. The van der Waals surface area contributed by atoms with Crippen LogP contribution in [-0.4, -0.2) is 27.8 Å². The summed E-state index contributed by atoms with van der Waals surface area (Å²) in [5.74, 6) is 0.562. The van der Waals surface area contributed by atoms with Crippen LogP contribution in [0.3, 0.4) is 0 Å². The lowest BCUT2D eigenvalue weighted by atomic mass is 9.76. The first-order valence-electron chi connectivity index (χ1n) is 7.99. The van der Waals surface area contributed by atoms with Crippen molar-refractivity contribution in [1.29, 1.82) is 0 Å². The molecule has 0 saturated heterocycles. The molecule has 1 amide bonds. The Balaban J connectivity index is 1.75. The van der Waals surface area contributed by atoms with Crippen molar-refractivity contribution in [3.63, 3.8) is 0 Å². The van der Waals surface area contributed by atoms with Crippen LogP contribution in [0.25, 0.3) is 0 Å². The first-order chi connectivity index (χ1) is 9.90. The second-order valence-electron chi connectivity index (χ2n) is 6.62. The van der Waals surface area contributed by atoms with Gasteiger partial charge in [0.15, 0.2) is 0 Å². The van der Waals surface area contributed by atoms with Gasteiger partial charge in [-0.15, -0.1) is 0 Å². The summed E-state index contributed by atoms with van der Waals surface area (Å²) in [7, 11) is 0.